The predicted molar refractivity (Wildman–Crippen MR) is 30.2 cm³/mol. The predicted octanol–water partition coefficient (Wildman–Crippen LogP) is -0.791. The van der Waals surface area contributed by atoms with Crippen LogP contribution in [0.25, 0.3) is 0 Å². The Bertz CT molecular complexity index is 114. The first-order chi connectivity index (χ1) is 3.66. The SMILES string of the molecule is NNC(=O)NC(=O)S. The molecule has 0 radical (unpaired) electrons. The Balaban J connectivity index is 3.40. The van der Waals surface area contributed by atoms with E-state index in [0.29, 0.717) is 0 Å². The highest BCUT2D eigenvalue weighted by Gasteiger charge is 1.97. The lowest BCUT2D eigenvalue weighted by Crippen LogP contribution is -2.40. The Morgan fingerprint density at radius 2 is 2.00 bits per heavy atom. The summed E-state index contributed by atoms with van der Waals surface area (Å²) in [6, 6.07) is -0.773. The molecule has 5 nitrogen and oxygen atoms in total. The minimum atomic E-state index is -0.773. The van der Waals surface area contributed by atoms with Crippen molar-refractivity contribution in [2.24, 2.45) is 5.84 Å². The third-order valence-corrected chi connectivity index (χ3v) is 0.463. The van der Waals surface area contributed by atoms with Gasteiger partial charge in [0.15, 0.2) is 0 Å². The number of imide groups is 1. The van der Waals surface area contributed by atoms with E-state index in [1.165, 1.54) is 0 Å². The number of nitrogens with two attached hydrogens (primary N) is 1. The summed E-state index contributed by atoms with van der Waals surface area (Å²) in [5.41, 5.74) is 1.68. The number of hydrogen-bond acceptors (Lipinski definition) is 3. The van der Waals surface area contributed by atoms with E-state index >= 15 is 0 Å². The molecule has 0 rings (SSSR count). The van der Waals surface area contributed by atoms with Crippen LogP contribution in [0.1, 0.15) is 0 Å². The highest BCUT2D eigenvalue weighted by atomic mass is 32.1. The molecule has 8 heavy (non-hydrogen) atoms. The van der Waals surface area contributed by atoms with Crippen LogP contribution in [0.4, 0.5) is 9.59 Å². The van der Waals surface area contributed by atoms with Crippen molar-refractivity contribution in [2.75, 3.05) is 0 Å². The number of amides is 3. The first kappa shape index (κ1) is 7.25. The van der Waals surface area contributed by atoms with Gasteiger partial charge in [0.2, 0.25) is 0 Å². The summed E-state index contributed by atoms with van der Waals surface area (Å²) in [5.74, 6) is 4.57. The molecule has 0 fully saturated rings. The molecule has 0 unspecified atom stereocenters. The summed E-state index contributed by atoms with van der Waals surface area (Å²) in [6.45, 7) is 0. The Labute approximate surface area is 51.0 Å². The van der Waals surface area contributed by atoms with Crippen LogP contribution in [0.15, 0.2) is 0 Å². The van der Waals surface area contributed by atoms with Crippen LogP contribution in [-0.4, -0.2) is 11.3 Å². The summed E-state index contributed by atoms with van der Waals surface area (Å²) >= 11 is 3.22. The van der Waals surface area contributed by atoms with Crippen LogP contribution in [0.2, 0.25) is 0 Å². The fraction of sp³-hybridized carbons (Fsp3) is 0. The zero-order valence-corrected chi connectivity index (χ0v) is 4.74. The van der Waals surface area contributed by atoms with Crippen molar-refractivity contribution >= 4 is 23.9 Å². The normalized spacial score (nSPS) is 7.75. The number of hydrogen-bond donors (Lipinski definition) is 4. The first-order valence-corrected chi connectivity index (χ1v) is 2.12. The van der Waals surface area contributed by atoms with E-state index in [9.17, 15) is 9.59 Å². The van der Waals surface area contributed by atoms with Gasteiger partial charge in [-0.25, -0.2) is 10.6 Å². The smallest absolute Gasteiger partial charge is 0.276 e. The average molecular weight is 135 g/mol. The first-order valence-electron chi connectivity index (χ1n) is 1.67. The monoisotopic (exact) mass is 135 g/mol. The lowest BCUT2D eigenvalue weighted by molar-refractivity contribution is 0.236. The molecule has 0 aromatic rings. The van der Waals surface area contributed by atoms with Crippen molar-refractivity contribution in [1.29, 1.82) is 0 Å². The molecule has 0 aliphatic heterocycles. The molecule has 0 heterocycles. The second-order valence-corrected chi connectivity index (χ2v) is 1.31. The third-order valence-electron chi connectivity index (χ3n) is 0.352. The molecule has 0 bridgehead atoms. The molecule has 0 aliphatic carbocycles. The molecule has 0 aliphatic rings. The number of carbonyl (C=O) groups excluding carboxylic acids is 2. The van der Waals surface area contributed by atoms with Crippen LogP contribution < -0.4 is 16.6 Å². The van der Waals surface area contributed by atoms with E-state index in [0.717, 1.165) is 0 Å². The number of hydrazine groups is 1. The highest BCUT2D eigenvalue weighted by molar-refractivity contribution is 7.96. The quantitative estimate of drug-likeness (QED) is 0.152. The minimum Gasteiger partial charge on any atom is -0.276 e. The van der Waals surface area contributed by atoms with Gasteiger partial charge in [0, 0.05) is 0 Å². The van der Waals surface area contributed by atoms with Gasteiger partial charge in [0.25, 0.3) is 5.24 Å². The summed E-state index contributed by atoms with van der Waals surface area (Å²) in [4.78, 5) is 19.9. The molecule has 0 spiro atoms. The molecule has 0 aromatic heterocycles. The fourth-order valence-electron chi connectivity index (χ4n) is 0.133. The van der Waals surface area contributed by atoms with Crippen LogP contribution in [0, 0.1) is 0 Å². The largest absolute Gasteiger partial charge is 0.336 e. The molecule has 46 valence electrons. The van der Waals surface area contributed by atoms with E-state index in [1.54, 1.807) is 10.7 Å². The molecule has 0 saturated carbocycles. The topological polar surface area (TPSA) is 84.2 Å². The van der Waals surface area contributed by atoms with Gasteiger partial charge in [0.05, 0.1) is 0 Å². The fourth-order valence-corrected chi connectivity index (χ4v) is 0.235. The maximum absolute atomic E-state index is 10.0. The molecule has 0 atom stereocenters. The molecule has 0 saturated heterocycles. The van der Waals surface area contributed by atoms with Crippen molar-refractivity contribution < 1.29 is 9.59 Å². The van der Waals surface area contributed by atoms with Crippen LogP contribution >= 0.6 is 12.6 Å². The summed E-state index contributed by atoms with van der Waals surface area (Å²) in [6.07, 6.45) is 0. The third kappa shape index (κ3) is 3.44. The zero-order chi connectivity index (χ0) is 6.57. The van der Waals surface area contributed by atoms with E-state index in [1.807, 2.05) is 0 Å². The van der Waals surface area contributed by atoms with E-state index < -0.39 is 11.3 Å². The van der Waals surface area contributed by atoms with E-state index in [-0.39, 0.29) is 0 Å². The van der Waals surface area contributed by atoms with Gasteiger partial charge >= 0.3 is 6.03 Å². The number of carbonyl (C=O) groups is 2. The average Bonchev–Trinajstić information content (AvgIpc) is 1.65. The summed E-state index contributed by atoms with van der Waals surface area (Å²) < 4.78 is 0. The van der Waals surface area contributed by atoms with Gasteiger partial charge in [-0.05, 0) is 0 Å². The molecule has 0 aromatic carbocycles. The lowest BCUT2D eigenvalue weighted by Gasteiger charge is -1.94. The molecular weight excluding hydrogens is 130 g/mol. The Morgan fingerprint density at radius 3 is 2.12 bits per heavy atom. The zero-order valence-electron chi connectivity index (χ0n) is 3.84. The minimum absolute atomic E-state index is 0.743. The van der Waals surface area contributed by atoms with Gasteiger partial charge < -0.3 is 0 Å². The standard InChI is InChI=1S/C2H5N3O2S/c3-5-1(6)4-2(7)8/h3H2,(H3,4,5,6,7,8). The van der Waals surface area contributed by atoms with Crippen molar-refractivity contribution in [3.8, 4) is 0 Å². The second kappa shape index (κ2) is 3.28. The van der Waals surface area contributed by atoms with Gasteiger partial charge in [-0.15, -0.1) is 0 Å². The summed E-state index contributed by atoms with van der Waals surface area (Å²) in [7, 11) is 0. The maximum atomic E-state index is 10.0. The van der Waals surface area contributed by atoms with Crippen molar-refractivity contribution in [3.05, 3.63) is 0 Å². The molecule has 4 N–H and O–H groups in total. The number of urea groups is 1. The van der Waals surface area contributed by atoms with Crippen molar-refractivity contribution in [2.45, 2.75) is 0 Å². The van der Waals surface area contributed by atoms with Gasteiger partial charge in [-0.2, -0.15) is 0 Å². The number of rotatable bonds is 0. The molecule has 6 heteroatoms. The lowest BCUT2D eigenvalue weighted by atomic mass is 11.0. The van der Waals surface area contributed by atoms with E-state index in [4.69, 9.17) is 0 Å². The Kier molecular flexibility index (Phi) is 2.97. The molecular formula is C2H5N3O2S. The second-order valence-electron chi connectivity index (χ2n) is 0.904. The van der Waals surface area contributed by atoms with Crippen LogP contribution in [-0.2, 0) is 0 Å². The molecule has 3 amide bonds. The Hall–Kier alpha value is -0.750. The van der Waals surface area contributed by atoms with E-state index in [2.05, 4.69) is 18.5 Å². The maximum Gasteiger partial charge on any atom is 0.336 e. The van der Waals surface area contributed by atoms with Crippen molar-refractivity contribution in [3.63, 3.8) is 0 Å². The van der Waals surface area contributed by atoms with Crippen LogP contribution in [0.5, 0.6) is 0 Å². The van der Waals surface area contributed by atoms with Gasteiger partial charge in [0.1, 0.15) is 0 Å². The highest BCUT2D eigenvalue weighted by Crippen LogP contribution is 1.72. The summed E-state index contributed by atoms with van der Waals surface area (Å²) in [5, 5.41) is 1.00. The van der Waals surface area contributed by atoms with Crippen molar-refractivity contribution in [1.82, 2.24) is 10.7 Å². The van der Waals surface area contributed by atoms with Gasteiger partial charge in [-0.1, -0.05) is 12.6 Å². The Morgan fingerprint density at radius 1 is 1.50 bits per heavy atom. The van der Waals surface area contributed by atoms with Gasteiger partial charge in [-0.3, -0.25) is 15.5 Å². The number of nitrogens with one attached hydrogen (secondary N) is 2. The van der Waals surface area contributed by atoms with Crippen LogP contribution in [0.3, 0.4) is 0 Å². The number of thiol groups is 1.